The highest BCUT2D eigenvalue weighted by Crippen LogP contribution is 2.48. The maximum Gasteiger partial charge on any atom is 0.238 e. The summed E-state index contributed by atoms with van der Waals surface area (Å²) in [6, 6.07) is 14.1. The Balaban J connectivity index is 1.22. The van der Waals surface area contributed by atoms with E-state index < -0.39 is 0 Å². The van der Waals surface area contributed by atoms with Gasteiger partial charge in [-0.05, 0) is 29.7 Å². The lowest BCUT2D eigenvalue weighted by Gasteiger charge is -2.31. The summed E-state index contributed by atoms with van der Waals surface area (Å²) in [5.41, 5.74) is 4.51. The molecule has 0 fully saturated rings. The predicted molar refractivity (Wildman–Crippen MR) is 127 cm³/mol. The molecule has 3 aliphatic rings. The van der Waals surface area contributed by atoms with Gasteiger partial charge < -0.3 is 19.7 Å². The third-order valence-electron chi connectivity index (χ3n) is 6.47. The van der Waals surface area contributed by atoms with E-state index >= 15 is 0 Å². The normalized spacial score (nSPS) is 20.7. The lowest BCUT2D eigenvalue weighted by atomic mass is 9.96. The summed E-state index contributed by atoms with van der Waals surface area (Å²) in [6.07, 6.45) is 2.61. The molecule has 168 valence electrons. The van der Waals surface area contributed by atoms with Crippen molar-refractivity contribution in [2.45, 2.75) is 36.1 Å². The van der Waals surface area contributed by atoms with Gasteiger partial charge in [-0.3, -0.25) is 4.79 Å². The predicted octanol–water partition coefficient (Wildman–Crippen LogP) is 4.03. The molecule has 33 heavy (non-hydrogen) atoms. The maximum absolute atomic E-state index is 13.2. The second kappa shape index (κ2) is 8.26. The maximum atomic E-state index is 13.2. The third-order valence-corrected chi connectivity index (χ3v) is 7.90. The minimum absolute atomic E-state index is 0.00409. The van der Waals surface area contributed by atoms with Crippen LogP contribution in [0, 0.1) is 0 Å². The number of benzene rings is 2. The van der Waals surface area contributed by atoms with E-state index in [-0.39, 0.29) is 17.1 Å². The number of hydrogen-bond donors (Lipinski definition) is 1. The Kier molecular flexibility index (Phi) is 5.10. The van der Waals surface area contributed by atoms with Crippen LogP contribution in [0.3, 0.4) is 0 Å². The number of carbonyl (C=O) groups excluding carboxylic acids is 1. The molecule has 1 N–H and O–H groups in total. The first kappa shape index (κ1) is 20.4. The van der Waals surface area contributed by atoms with E-state index in [1.165, 1.54) is 22.9 Å². The number of carbonyl (C=O) groups is 1. The van der Waals surface area contributed by atoms with Gasteiger partial charge in [0, 0.05) is 36.3 Å². The quantitative estimate of drug-likeness (QED) is 0.592. The van der Waals surface area contributed by atoms with Crippen LogP contribution in [0.2, 0.25) is 0 Å². The first-order valence-corrected chi connectivity index (χ1v) is 12.1. The minimum atomic E-state index is -0.277. The van der Waals surface area contributed by atoms with Crippen molar-refractivity contribution in [1.29, 1.82) is 0 Å². The fourth-order valence-electron chi connectivity index (χ4n) is 4.78. The van der Waals surface area contributed by atoms with Crippen molar-refractivity contribution in [3.63, 3.8) is 0 Å². The van der Waals surface area contributed by atoms with Crippen LogP contribution in [0.4, 0.5) is 11.5 Å². The zero-order valence-electron chi connectivity index (χ0n) is 18.3. The number of anilines is 2. The summed E-state index contributed by atoms with van der Waals surface area (Å²) >= 11 is 1.52. The summed E-state index contributed by atoms with van der Waals surface area (Å²) in [6.45, 7) is 4.88. The van der Waals surface area contributed by atoms with Crippen molar-refractivity contribution >= 4 is 29.2 Å². The third kappa shape index (κ3) is 3.68. The lowest BCUT2D eigenvalue weighted by molar-refractivity contribution is -0.115. The van der Waals surface area contributed by atoms with Crippen molar-refractivity contribution in [1.82, 2.24) is 9.97 Å². The van der Waals surface area contributed by atoms with Crippen molar-refractivity contribution in [2.75, 3.05) is 30.0 Å². The molecule has 1 aromatic heterocycles. The molecule has 2 aromatic carbocycles. The number of rotatable bonds is 3. The van der Waals surface area contributed by atoms with E-state index in [9.17, 15) is 4.79 Å². The Labute approximate surface area is 196 Å². The van der Waals surface area contributed by atoms with Gasteiger partial charge in [0.25, 0.3) is 0 Å². The van der Waals surface area contributed by atoms with Crippen LogP contribution >= 0.6 is 11.8 Å². The summed E-state index contributed by atoms with van der Waals surface area (Å²) < 4.78 is 11.2. The van der Waals surface area contributed by atoms with Gasteiger partial charge in [0.15, 0.2) is 11.5 Å². The summed E-state index contributed by atoms with van der Waals surface area (Å²) in [5, 5.41) is 3.67. The second-order valence-corrected chi connectivity index (χ2v) is 9.66. The largest absolute Gasteiger partial charge is 0.486 e. The average molecular weight is 461 g/mol. The minimum Gasteiger partial charge on any atom is -0.486 e. The molecule has 7 nitrogen and oxygen atoms in total. The van der Waals surface area contributed by atoms with Gasteiger partial charge in [0.1, 0.15) is 30.4 Å². The SMILES string of the molecule is CC1c2c(ncnc2N2CCc3ccccc3C2)SC1C(=O)Nc1ccc2c(c1)OCCO2. The van der Waals surface area contributed by atoms with Crippen LogP contribution in [-0.2, 0) is 17.8 Å². The number of amides is 1. The molecule has 1 amide bonds. The van der Waals surface area contributed by atoms with E-state index in [0.717, 1.165) is 35.9 Å². The summed E-state index contributed by atoms with van der Waals surface area (Å²) in [4.78, 5) is 24.7. The highest BCUT2D eigenvalue weighted by atomic mass is 32.2. The highest BCUT2D eigenvalue weighted by molar-refractivity contribution is 8.01. The molecule has 0 bridgehead atoms. The van der Waals surface area contributed by atoms with Gasteiger partial charge in [0.2, 0.25) is 5.91 Å². The van der Waals surface area contributed by atoms with Gasteiger partial charge in [-0.25, -0.2) is 9.97 Å². The van der Waals surface area contributed by atoms with Gasteiger partial charge >= 0.3 is 0 Å². The zero-order valence-corrected chi connectivity index (χ0v) is 19.1. The Morgan fingerprint density at radius 1 is 1.09 bits per heavy atom. The number of fused-ring (bicyclic) bond motifs is 3. The van der Waals surface area contributed by atoms with Crippen molar-refractivity contribution < 1.29 is 14.3 Å². The van der Waals surface area contributed by atoms with E-state index in [2.05, 4.69) is 51.4 Å². The van der Waals surface area contributed by atoms with Gasteiger partial charge in [-0.15, -0.1) is 0 Å². The molecular formula is C25H24N4O3S. The standard InChI is InChI=1S/C25H24N4O3S/c1-15-21-23(29-9-8-16-4-2-3-5-17(16)13-29)26-14-27-25(21)33-22(15)24(30)28-18-6-7-19-20(12-18)32-11-10-31-19/h2-7,12,14-15,22H,8-11,13H2,1H3,(H,28,30). The first-order chi connectivity index (χ1) is 16.2. The van der Waals surface area contributed by atoms with Crippen LogP contribution in [0.1, 0.15) is 29.5 Å². The molecular weight excluding hydrogens is 436 g/mol. The number of thioether (sulfide) groups is 1. The van der Waals surface area contributed by atoms with E-state index in [0.29, 0.717) is 30.4 Å². The lowest BCUT2D eigenvalue weighted by Crippen LogP contribution is -2.33. The van der Waals surface area contributed by atoms with Crippen molar-refractivity contribution in [3.05, 3.63) is 65.5 Å². The zero-order chi connectivity index (χ0) is 22.4. The van der Waals surface area contributed by atoms with E-state index in [1.807, 2.05) is 18.2 Å². The fraction of sp³-hybridized carbons (Fsp3) is 0.320. The van der Waals surface area contributed by atoms with E-state index in [1.54, 1.807) is 6.33 Å². The van der Waals surface area contributed by atoms with Crippen molar-refractivity contribution in [2.24, 2.45) is 0 Å². The molecule has 2 atom stereocenters. The molecule has 6 rings (SSSR count). The molecule has 0 radical (unpaired) electrons. The molecule has 3 aromatic rings. The highest BCUT2D eigenvalue weighted by Gasteiger charge is 2.40. The Morgan fingerprint density at radius 2 is 1.91 bits per heavy atom. The molecule has 0 aliphatic carbocycles. The molecule has 0 saturated heterocycles. The number of nitrogens with zero attached hydrogens (tertiary/aromatic N) is 3. The average Bonchev–Trinajstić information content (AvgIpc) is 3.20. The second-order valence-electron chi connectivity index (χ2n) is 8.53. The Hall–Kier alpha value is -3.26. The number of nitrogens with one attached hydrogen (secondary N) is 1. The van der Waals surface area contributed by atoms with Gasteiger partial charge in [0.05, 0.1) is 5.25 Å². The monoisotopic (exact) mass is 460 g/mol. The van der Waals surface area contributed by atoms with Crippen LogP contribution in [0.5, 0.6) is 11.5 Å². The first-order valence-electron chi connectivity index (χ1n) is 11.2. The molecule has 3 aliphatic heterocycles. The summed E-state index contributed by atoms with van der Waals surface area (Å²) in [7, 11) is 0. The van der Waals surface area contributed by atoms with Gasteiger partial charge in [-0.2, -0.15) is 0 Å². The van der Waals surface area contributed by atoms with Crippen LogP contribution < -0.4 is 19.7 Å². The van der Waals surface area contributed by atoms with Crippen LogP contribution in [0.15, 0.2) is 53.8 Å². The Bertz CT molecular complexity index is 1230. The smallest absolute Gasteiger partial charge is 0.238 e. The summed E-state index contributed by atoms with van der Waals surface area (Å²) in [5.74, 6) is 2.27. The number of aromatic nitrogens is 2. The molecule has 8 heteroatoms. The van der Waals surface area contributed by atoms with Crippen molar-refractivity contribution in [3.8, 4) is 11.5 Å². The topological polar surface area (TPSA) is 76.6 Å². The Morgan fingerprint density at radius 3 is 2.79 bits per heavy atom. The number of hydrogen-bond acceptors (Lipinski definition) is 7. The molecule has 0 spiro atoms. The van der Waals surface area contributed by atoms with Crippen LogP contribution in [0.25, 0.3) is 0 Å². The molecule has 0 saturated carbocycles. The van der Waals surface area contributed by atoms with E-state index in [4.69, 9.17) is 9.47 Å². The fourth-order valence-corrected chi connectivity index (χ4v) is 6.04. The van der Waals surface area contributed by atoms with Crippen LogP contribution in [-0.4, -0.2) is 40.9 Å². The molecule has 4 heterocycles. The van der Waals surface area contributed by atoms with Gasteiger partial charge in [-0.1, -0.05) is 43.0 Å². The molecule has 2 unspecified atom stereocenters. The number of ether oxygens (including phenoxy) is 2.